The van der Waals surface area contributed by atoms with Crippen molar-refractivity contribution in [2.45, 2.75) is 64.7 Å². The van der Waals surface area contributed by atoms with Crippen molar-refractivity contribution in [1.82, 2.24) is 30.4 Å². The third kappa shape index (κ3) is 5.80. The van der Waals surface area contributed by atoms with Crippen LogP contribution in [0.4, 0.5) is 0 Å². The molecule has 1 atom stereocenters. The van der Waals surface area contributed by atoms with Gasteiger partial charge < -0.3 is 19.1 Å². The van der Waals surface area contributed by atoms with E-state index in [9.17, 15) is 9.59 Å². The molecule has 0 spiro atoms. The summed E-state index contributed by atoms with van der Waals surface area (Å²) < 4.78 is 11.5. The summed E-state index contributed by atoms with van der Waals surface area (Å²) in [6.45, 7) is 3.45. The average molecular weight is 537 g/mol. The Labute approximate surface area is 224 Å². The van der Waals surface area contributed by atoms with Crippen molar-refractivity contribution in [1.29, 1.82) is 0 Å². The summed E-state index contributed by atoms with van der Waals surface area (Å²) in [5.41, 5.74) is 0.697. The molecule has 4 aromatic rings. The molecule has 2 amide bonds. The molecule has 10 nitrogen and oxygen atoms in total. The normalized spacial score (nSPS) is 14.5. The van der Waals surface area contributed by atoms with Crippen LogP contribution in [-0.2, 0) is 22.7 Å². The van der Waals surface area contributed by atoms with Crippen LogP contribution in [-0.4, -0.2) is 43.0 Å². The van der Waals surface area contributed by atoms with Crippen LogP contribution in [0.2, 0.25) is 5.02 Å². The topological polar surface area (TPSA) is 119 Å². The number of aryl methyl sites for hydroxylation is 2. The molecule has 0 bridgehead atoms. The molecule has 1 aromatic carbocycles. The highest BCUT2D eigenvalue weighted by Gasteiger charge is 2.36. The van der Waals surface area contributed by atoms with Gasteiger partial charge in [0, 0.05) is 17.6 Å². The first-order chi connectivity index (χ1) is 18.4. The SMILES string of the molecule is Cc1ccc(-c2nnn(CC(=O)N(Cc3ccccc3Cl)[C@@H](C(=O)NC3CCCC3)c3ccc(C)o3)n2)o1. The molecule has 0 unspecified atom stereocenters. The van der Waals surface area contributed by atoms with E-state index in [-0.39, 0.29) is 30.9 Å². The fourth-order valence-corrected chi connectivity index (χ4v) is 4.88. The predicted octanol–water partition coefficient (Wildman–Crippen LogP) is 4.63. The average Bonchev–Trinajstić information content (AvgIpc) is 3.69. The number of hydrogen-bond acceptors (Lipinski definition) is 7. The Hall–Kier alpha value is -3.92. The van der Waals surface area contributed by atoms with E-state index in [2.05, 4.69) is 20.7 Å². The van der Waals surface area contributed by atoms with Crippen LogP contribution in [0.15, 0.2) is 57.4 Å². The molecule has 1 N–H and O–H groups in total. The van der Waals surface area contributed by atoms with Crippen LogP contribution < -0.4 is 5.32 Å². The molecule has 0 aliphatic heterocycles. The molecule has 11 heteroatoms. The minimum atomic E-state index is -1.01. The second kappa shape index (κ2) is 11.2. The van der Waals surface area contributed by atoms with Crippen molar-refractivity contribution in [3.8, 4) is 11.6 Å². The number of rotatable bonds is 9. The Kier molecular flexibility index (Phi) is 7.59. The van der Waals surface area contributed by atoms with Gasteiger partial charge in [0.2, 0.25) is 11.7 Å². The van der Waals surface area contributed by atoms with E-state index >= 15 is 0 Å². The van der Waals surface area contributed by atoms with Crippen LogP contribution >= 0.6 is 11.6 Å². The quantitative estimate of drug-likeness (QED) is 0.331. The molecule has 5 rings (SSSR count). The van der Waals surface area contributed by atoms with Gasteiger partial charge in [-0.3, -0.25) is 9.59 Å². The number of aromatic nitrogens is 4. The highest BCUT2D eigenvalue weighted by Crippen LogP contribution is 2.29. The molecule has 3 aromatic heterocycles. The molecule has 0 radical (unpaired) electrons. The lowest BCUT2D eigenvalue weighted by atomic mass is 10.1. The second-order valence-electron chi connectivity index (χ2n) is 9.51. The first kappa shape index (κ1) is 25.7. The largest absolute Gasteiger partial charge is 0.464 e. The summed E-state index contributed by atoms with van der Waals surface area (Å²) in [7, 11) is 0. The van der Waals surface area contributed by atoms with Gasteiger partial charge in [-0.25, -0.2) is 0 Å². The van der Waals surface area contributed by atoms with Crippen LogP contribution in [0.3, 0.4) is 0 Å². The molecular formula is C27H29ClN6O4. The number of hydrogen-bond donors (Lipinski definition) is 1. The van der Waals surface area contributed by atoms with E-state index in [0.717, 1.165) is 25.7 Å². The second-order valence-corrected chi connectivity index (χ2v) is 9.91. The van der Waals surface area contributed by atoms with Crippen molar-refractivity contribution >= 4 is 23.4 Å². The van der Waals surface area contributed by atoms with E-state index in [1.54, 1.807) is 37.3 Å². The highest BCUT2D eigenvalue weighted by atomic mass is 35.5. The summed E-state index contributed by atoms with van der Waals surface area (Å²) >= 11 is 6.47. The Morgan fingerprint density at radius 1 is 1.08 bits per heavy atom. The number of benzene rings is 1. The maximum absolute atomic E-state index is 13.9. The molecule has 3 heterocycles. The molecule has 1 fully saturated rings. The Balaban J connectivity index is 1.47. The summed E-state index contributed by atoms with van der Waals surface area (Å²) in [6, 6.07) is 13.3. The zero-order valence-corrected chi connectivity index (χ0v) is 22.0. The third-order valence-corrected chi connectivity index (χ3v) is 6.97. The van der Waals surface area contributed by atoms with Crippen molar-refractivity contribution in [3.05, 3.63) is 76.4 Å². The lowest BCUT2D eigenvalue weighted by molar-refractivity contribution is -0.143. The van der Waals surface area contributed by atoms with Crippen molar-refractivity contribution in [3.63, 3.8) is 0 Å². The molecule has 1 aliphatic carbocycles. The maximum atomic E-state index is 13.9. The number of tetrazole rings is 1. The van der Waals surface area contributed by atoms with Gasteiger partial charge in [0.1, 0.15) is 23.8 Å². The summed E-state index contributed by atoms with van der Waals surface area (Å²) in [6.07, 6.45) is 3.94. The first-order valence-electron chi connectivity index (χ1n) is 12.6. The number of carbonyl (C=O) groups is 2. The Morgan fingerprint density at radius 3 is 2.50 bits per heavy atom. The number of nitrogens with zero attached hydrogens (tertiary/aromatic N) is 5. The molecule has 1 aliphatic rings. The van der Waals surface area contributed by atoms with Gasteiger partial charge in [-0.05, 0) is 67.8 Å². The predicted molar refractivity (Wildman–Crippen MR) is 139 cm³/mol. The van der Waals surface area contributed by atoms with Crippen molar-refractivity contribution in [2.24, 2.45) is 0 Å². The van der Waals surface area contributed by atoms with Gasteiger partial charge in [-0.1, -0.05) is 42.6 Å². The number of halogens is 1. The summed E-state index contributed by atoms with van der Waals surface area (Å²) in [5.74, 6) is 1.74. The van der Waals surface area contributed by atoms with Gasteiger partial charge in [0.05, 0.1) is 0 Å². The lowest BCUT2D eigenvalue weighted by Crippen LogP contribution is -2.46. The van der Waals surface area contributed by atoms with E-state index < -0.39 is 11.9 Å². The zero-order valence-electron chi connectivity index (χ0n) is 21.3. The highest BCUT2D eigenvalue weighted by molar-refractivity contribution is 6.31. The monoisotopic (exact) mass is 536 g/mol. The smallest absolute Gasteiger partial charge is 0.250 e. The van der Waals surface area contributed by atoms with Gasteiger partial charge in [0.25, 0.3) is 5.91 Å². The van der Waals surface area contributed by atoms with Crippen LogP contribution in [0, 0.1) is 13.8 Å². The van der Waals surface area contributed by atoms with Gasteiger partial charge in [0.15, 0.2) is 11.8 Å². The fraction of sp³-hybridized carbons (Fsp3) is 0.370. The molecule has 1 saturated carbocycles. The number of carbonyl (C=O) groups excluding carboxylic acids is 2. The Morgan fingerprint density at radius 2 is 1.82 bits per heavy atom. The van der Waals surface area contributed by atoms with Crippen molar-refractivity contribution in [2.75, 3.05) is 0 Å². The van der Waals surface area contributed by atoms with Crippen LogP contribution in [0.5, 0.6) is 0 Å². The maximum Gasteiger partial charge on any atom is 0.250 e. The summed E-state index contributed by atoms with van der Waals surface area (Å²) in [5, 5.41) is 16.0. The van der Waals surface area contributed by atoms with E-state index in [4.69, 9.17) is 20.4 Å². The van der Waals surface area contributed by atoms with Crippen LogP contribution in [0.1, 0.15) is 54.6 Å². The van der Waals surface area contributed by atoms with E-state index in [1.165, 1.54) is 9.70 Å². The zero-order chi connectivity index (χ0) is 26.6. The molecule has 198 valence electrons. The minimum Gasteiger partial charge on any atom is -0.464 e. The van der Waals surface area contributed by atoms with Gasteiger partial charge in [-0.2, -0.15) is 4.80 Å². The third-order valence-electron chi connectivity index (χ3n) is 6.60. The molecule has 0 saturated heterocycles. The standard InChI is InChI=1S/C27H29ClN6O4/c1-17-11-13-22(37-17)25(27(36)29-20-8-4-5-9-20)33(15-19-7-3-6-10-21(19)28)24(35)16-34-31-26(30-32-34)23-14-12-18(2)38-23/h3,6-7,10-14,20,25H,4-5,8-9,15-16H2,1-2H3,(H,29,36)/t25-/m1/s1. The fourth-order valence-electron chi connectivity index (χ4n) is 4.68. The number of amides is 2. The van der Waals surface area contributed by atoms with E-state index in [0.29, 0.717) is 33.6 Å². The van der Waals surface area contributed by atoms with Crippen LogP contribution in [0.25, 0.3) is 11.6 Å². The lowest BCUT2D eigenvalue weighted by Gasteiger charge is -2.31. The minimum absolute atomic E-state index is 0.0645. The van der Waals surface area contributed by atoms with Gasteiger partial charge in [-0.15, -0.1) is 10.2 Å². The number of nitrogens with one attached hydrogen (secondary N) is 1. The van der Waals surface area contributed by atoms with Gasteiger partial charge >= 0.3 is 0 Å². The van der Waals surface area contributed by atoms with E-state index in [1.807, 2.05) is 25.1 Å². The summed E-state index contributed by atoms with van der Waals surface area (Å²) in [4.78, 5) is 30.2. The Bertz CT molecular complexity index is 1420. The molecular weight excluding hydrogens is 508 g/mol. The number of furan rings is 2. The first-order valence-corrected chi connectivity index (χ1v) is 13.0. The van der Waals surface area contributed by atoms with Crippen molar-refractivity contribution < 1.29 is 18.4 Å². The molecule has 38 heavy (non-hydrogen) atoms.